The van der Waals surface area contributed by atoms with Crippen LogP contribution in [0.1, 0.15) is 19.3 Å². The van der Waals surface area contributed by atoms with Crippen LogP contribution in [-0.2, 0) is 19.7 Å². The zero-order valence-electron chi connectivity index (χ0n) is 10.7. The number of carbonyl (C=O) groups is 1. The van der Waals surface area contributed by atoms with Crippen molar-refractivity contribution in [3.05, 3.63) is 11.8 Å². The van der Waals surface area contributed by atoms with Crippen molar-refractivity contribution < 1.29 is 17.9 Å². The number of ether oxygens (including phenoxy) is 1. The lowest BCUT2D eigenvalue weighted by molar-refractivity contribution is -0.131. The molecular weight excluding hydrogens is 270 g/mol. The summed E-state index contributed by atoms with van der Waals surface area (Å²) in [7, 11) is -3.67. The van der Waals surface area contributed by atoms with Crippen LogP contribution in [0.2, 0.25) is 0 Å². The van der Waals surface area contributed by atoms with E-state index in [1.165, 1.54) is 4.31 Å². The van der Waals surface area contributed by atoms with E-state index in [0.29, 0.717) is 38.4 Å². The molecule has 0 aromatic heterocycles. The fraction of sp³-hybridized carbons (Fsp3) is 0.727. The molecule has 19 heavy (non-hydrogen) atoms. The van der Waals surface area contributed by atoms with E-state index in [2.05, 4.69) is 0 Å². The van der Waals surface area contributed by atoms with Gasteiger partial charge in [0.2, 0.25) is 0 Å². The number of nitrogens with two attached hydrogens (primary N) is 1. The zero-order chi connectivity index (χ0) is 13.9. The van der Waals surface area contributed by atoms with E-state index in [4.69, 9.17) is 9.88 Å². The van der Waals surface area contributed by atoms with Crippen molar-refractivity contribution >= 4 is 16.1 Å². The van der Waals surface area contributed by atoms with E-state index in [0.717, 1.165) is 12.8 Å². The van der Waals surface area contributed by atoms with Crippen molar-refractivity contribution in [2.75, 3.05) is 32.8 Å². The highest BCUT2D eigenvalue weighted by atomic mass is 32.2. The Hall–Kier alpha value is -1.12. The van der Waals surface area contributed by atoms with Crippen LogP contribution in [0.3, 0.4) is 0 Å². The molecule has 0 aliphatic carbocycles. The van der Waals surface area contributed by atoms with Gasteiger partial charge >= 0.3 is 0 Å². The molecule has 0 atom stereocenters. The van der Waals surface area contributed by atoms with Gasteiger partial charge in [0.15, 0.2) is 5.76 Å². The molecule has 0 aromatic carbocycles. The standard InChI is InChI=1S/C11H19N3O4S/c12-19(16,17)14-6-3-5-13(7-8-14)11(15)10-4-1-2-9-18-10/h4H,1-3,5-9H2,(H2,12,16,17). The Morgan fingerprint density at radius 3 is 2.63 bits per heavy atom. The van der Waals surface area contributed by atoms with Gasteiger partial charge in [0.25, 0.3) is 16.1 Å². The molecule has 0 saturated carbocycles. The quantitative estimate of drug-likeness (QED) is 0.736. The van der Waals surface area contributed by atoms with Gasteiger partial charge in [-0.1, -0.05) is 0 Å². The molecule has 1 saturated heterocycles. The number of rotatable bonds is 2. The number of nitrogens with zero attached hydrogens (tertiary/aromatic N) is 2. The molecule has 2 aliphatic rings. The Bertz CT molecular complexity index is 474. The Balaban J connectivity index is 1.99. The van der Waals surface area contributed by atoms with Gasteiger partial charge in [-0.25, -0.2) is 5.14 Å². The van der Waals surface area contributed by atoms with Crippen molar-refractivity contribution in [3.63, 3.8) is 0 Å². The highest BCUT2D eigenvalue weighted by Crippen LogP contribution is 2.14. The Kier molecular flexibility index (Phi) is 4.43. The number of hydrogen-bond acceptors (Lipinski definition) is 4. The number of amides is 1. The number of allylic oxidation sites excluding steroid dienone is 1. The van der Waals surface area contributed by atoms with E-state index in [1.54, 1.807) is 11.0 Å². The third-order valence-electron chi connectivity index (χ3n) is 3.25. The normalized spacial score (nSPS) is 22.4. The number of carbonyl (C=O) groups excluding carboxylic acids is 1. The summed E-state index contributed by atoms with van der Waals surface area (Å²) in [5, 5.41) is 5.10. The van der Waals surface area contributed by atoms with Crippen molar-refractivity contribution in [1.29, 1.82) is 0 Å². The maximum absolute atomic E-state index is 12.2. The molecule has 0 radical (unpaired) electrons. The van der Waals surface area contributed by atoms with E-state index >= 15 is 0 Å². The van der Waals surface area contributed by atoms with E-state index in [9.17, 15) is 13.2 Å². The Labute approximate surface area is 113 Å². The first-order chi connectivity index (χ1) is 8.98. The van der Waals surface area contributed by atoms with Crippen LogP contribution in [0.4, 0.5) is 0 Å². The molecule has 1 amide bonds. The SMILES string of the molecule is NS(=O)(=O)N1CCCN(C(=O)C2=CCCCO2)CC1. The lowest BCUT2D eigenvalue weighted by Crippen LogP contribution is -2.40. The van der Waals surface area contributed by atoms with Gasteiger partial charge in [-0.05, 0) is 25.3 Å². The van der Waals surface area contributed by atoms with Crippen molar-refractivity contribution in [2.45, 2.75) is 19.3 Å². The summed E-state index contributed by atoms with van der Waals surface area (Å²) >= 11 is 0. The minimum atomic E-state index is -3.67. The highest BCUT2D eigenvalue weighted by Gasteiger charge is 2.26. The van der Waals surface area contributed by atoms with Gasteiger partial charge in [0.05, 0.1) is 6.61 Å². The third-order valence-corrected chi connectivity index (χ3v) is 4.33. The topological polar surface area (TPSA) is 92.9 Å². The van der Waals surface area contributed by atoms with E-state index in [1.807, 2.05) is 0 Å². The van der Waals surface area contributed by atoms with Crippen LogP contribution in [0.15, 0.2) is 11.8 Å². The zero-order valence-corrected chi connectivity index (χ0v) is 11.6. The smallest absolute Gasteiger partial charge is 0.288 e. The van der Waals surface area contributed by atoms with Crippen molar-refractivity contribution in [1.82, 2.24) is 9.21 Å². The van der Waals surface area contributed by atoms with Gasteiger partial charge in [-0.2, -0.15) is 12.7 Å². The monoisotopic (exact) mass is 289 g/mol. The molecule has 1 fully saturated rings. The largest absolute Gasteiger partial charge is 0.488 e. The molecule has 2 rings (SSSR count). The molecule has 0 spiro atoms. The van der Waals surface area contributed by atoms with Gasteiger partial charge in [-0.3, -0.25) is 4.79 Å². The maximum Gasteiger partial charge on any atom is 0.288 e. The second kappa shape index (κ2) is 5.89. The van der Waals surface area contributed by atoms with Gasteiger partial charge in [-0.15, -0.1) is 0 Å². The molecule has 2 heterocycles. The molecule has 108 valence electrons. The summed E-state index contributed by atoms with van der Waals surface area (Å²) in [6.45, 7) is 2.01. The second-order valence-corrected chi connectivity index (χ2v) is 6.20. The average molecular weight is 289 g/mol. The van der Waals surface area contributed by atoms with Gasteiger partial charge in [0, 0.05) is 26.2 Å². The van der Waals surface area contributed by atoms with Gasteiger partial charge in [0.1, 0.15) is 0 Å². The molecule has 8 heteroatoms. The fourth-order valence-electron chi connectivity index (χ4n) is 2.21. The lowest BCUT2D eigenvalue weighted by atomic mass is 10.2. The molecule has 2 aliphatic heterocycles. The predicted octanol–water partition coefficient (Wildman–Crippen LogP) is -0.581. The Morgan fingerprint density at radius 2 is 2.00 bits per heavy atom. The minimum Gasteiger partial charge on any atom is -0.488 e. The summed E-state index contributed by atoms with van der Waals surface area (Å²) < 4.78 is 29.1. The summed E-state index contributed by atoms with van der Waals surface area (Å²) in [6, 6.07) is 0. The van der Waals surface area contributed by atoms with Crippen LogP contribution in [0, 0.1) is 0 Å². The molecular formula is C11H19N3O4S. The Morgan fingerprint density at radius 1 is 1.21 bits per heavy atom. The minimum absolute atomic E-state index is 0.157. The first kappa shape index (κ1) is 14.3. The summed E-state index contributed by atoms with van der Waals surface area (Å²) in [5.41, 5.74) is 0. The maximum atomic E-state index is 12.2. The van der Waals surface area contributed by atoms with E-state index < -0.39 is 10.2 Å². The average Bonchev–Trinajstić information content (AvgIpc) is 2.64. The molecule has 0 unspecified atom stereocenters. The van der Waals surface area contributed by atoms with Crippen LogP contribution >= 0.6 is 0 Å². The molecule has 0 aromatic rings. The van der Waals surface area contributed by atoms with Crippen LogP contribution in [-0.4, -0.2) is 56.3 Å². The van der Waals surface area contributed by atoms with Crippen molar-refractivity contribution in [3.8, 4) is 0 Å². The first-order valence-electron chi connectivity index (χ1n) is 6.38. The highest BCUT2D eigenvalue weighted by molar-refractivity contribution is 7.86. The third kappa shape index (κ3) is 3.68. The van der Waals surface area contributed by atoms with Crippen molar-refractivity contribution in [2.24, 2.45) is 5.14 Å². The van der Waals surface area contributed by atoms with Crippen LogP contribution in [0.5, 0.6) is 0 Å². The lowest BCUT2D eigenvalue weighted by Gasteiger charge is -2.23. The fourth-order valence-corrected chi connectivity index (χ4v) is 2.93. The molecule has 2 N–H and O–H groups in total. The van der Waals surface area contributed by atoms with Crippen LogP contribution < -0.4 is 5.14 Å². The van der Waals surface area contributed by atoms with Gasteiger partial charge < -0.3 is 9.64 Å². The molecule has 7 nitrogen and oxygen atoms in total. The summed E-state index contributed by atoms with van der Waals surface area (Å²) in [4.78, 5) is 13.8. The van der Waals surface area contributed by atoms with Crippen LogP contribution in [0.25, 0.3) is 0 Å². The number of hydrogen-bond donors (Lipinski definition) is 1. The molecule has 0 bridgehead atoms. The second-order valence-electron chi connectivity index (χ2n) is 4.65. The predicted molar refractivity (Wildman–Crippen MR) is 69.1 cm³/mol. The summed E-state index contributed by atoms with van der Waals surface area (Å²) in [6.07, 6.45) is 4.15. The summed E-state index contributed by atoms with van der Waals surface area (Å²) in [5.74, 6) is 0.228. The first-order valence-corrected chi connectivity index (χ1v) is 7.89. The van der Waals surface area contributed by atoms with E-state index in [-0.39, 0.29) is 12.5 Å².